The number of imidazole rings is 1. The SMILES string of the molecule is OC(Cn1c2[n+](c3ccccc31)CCCN2)c1ccc(Cl)cc1.[Cl-]. The van der Waals surface area contributed by atoms with Gasteiger partial charge in [0, 0.05) is 11.4 Å². The molecule has 1 unspecified atom stereocenters. The molecule has 0 saturated carbocycles. The van der Waals surface area contributed by atoms with Crippen LogP contribution in [0.1, 0.15) is 18.1 Å². The minimum absolute atomic E-state index is 0. The average Bonchev–Trinajstić information content (AvgIpc) is 2.90. The molecule has 4 nitrogen and oxygen atoms in total. The van der Waals surface area contributed by atoms with Gasteiger partial charge in [0.2, 0.25) is 0 Å². The van der Waals surface area contributed by atoms with Gasteiger partial charge in [-0.25, -0.2) is 9.13 Å². The lowest BCUT2D eigenvalue weighted by atomic mass is 10.1. The van der Waals surface area contributed by atoms with Crippen LogP contribution in [0.4, 0.5) is 5.95 Å². The maximum atomic E-state index is 10.6. The Hall–Kier alpha value is -1.75. The molecule has 1 aliphatic rings. The lowest BCUT2D eigenvalue weighted by Gasteiger charge is -2.14. The molecule has 0 saturated heterocycles. The number of aliphatic hydroxyl groups excluding tert-OH is 1. The van der Waals surface area contributed by atoms with Crippen LogP contribution in [-0.2, 0) is 13.1 Å². The zero-order valence-electron chi connectivity index (χ0n) is 13.1. The number of benzene rings is 2. The summed E-state index contributed by atoms with van der Waals surface area (Å²) in [4.78, 5) is 0. The van der Waals surface area contributed by atoms with Crippen molar-refractivity contribution in [1.82, 2.24) is 4.57 Å². The Morgan fingerprint density at radius 1 is 1.17 bits per heavy atom. The van der Waals surface area contributed by atoms with Crippen LogP contribution in [0.2, 0.25) is 5.02 Å². The van der Waals surface area contributed by atoms with E-state index in [0.717, 1.165) is 36.5 Å². The van der Waals surface area contributed by atoms with Crippen molar-refractivity contribution < 1.29 is 22.1 Å². The number of hydrogen-bond donors (Lipinski definition) is 2. The third kappa shape index (κ3) is 2.97. The molecule has 6 heteroatoms. The Morgan fingerprint density at radius 2 is 1.92 bits per heavy atom. The van der Waals surface area contributed by atoms with Crippen LogP contribution >= 0.6 is 11.6 Å². The van der Waals surface area contributed by atoms with Crippen LogP contribution in [0.5, 0.6) is 0 Å². The van der Waals surface area contributed by atoms with E-state index in [4.69, 9.17) is 11.6 Å². The van der Waals surface area contributed by atoms with Gasteiger partial charge in [-0.1, -0.05) is 35.9 Å². The highest BCUT2D eigenvalue weighted by Crippen LogP contribution is 2.25. The number of aryl methyl sites for hydroxylation is 1. The number of para-hydroxylation sites is 2. The van der Waals surface area contributed by atoms with Gasteiger partial charge in [-0.2, -0.15) is 0 Å². The summed E-state index contributed by atoms with van der Waals surface area (Å²) in [5, 5.41) is 14.8. The summed E-state index contributed by atoms with van der Waals surface area (Å²) in [6.07, 6.45) is 0.544. The predicted molar refractivity (Wildman–Crippen MR) is 91.7 cm³/mol. The van der Waals surface area contributed by atoms with Gasteiger partial charge < -0.3 is 17.5 Å². The number of anilines is 1. The molecule has 2 aromatic carbocycles. The van der Waals surface area contributed by atoms with Gasteiger partial charge in [-0.05, 0) is 29.8 Å². The highest BCUT2D eigenvalue weighted by molar-refractivity contribution is 6.30. The molecule has 2 heterocycles. The molecular formula is C18H19Cl2N3O. The first-order valence-corrected chi connectivity index (χ1v) is 8.30. The summed E-state index contributed by atoms with van der Waals surface area (Å²) in [6.45, 7) is 2.48. The van der Waals surface area contributed by atoms with Gasteiger partial charge in [-0.15, -0.1) is 0 Å². The maximum absolute atomic E-state index is 10.6. The van der Waals surface area contributed by atoms with Crippen molar-refractivity contribution in [3.8, 4) is 0 Å². The lowest BCUT2D eigenvalue weighted by Crippen LogP contribution is -3.00. The first-order chi connectivity index (χ1) is 11.2. The van der Waals surface area contributed by atoms with E-state index in [2.05, 4.69) is 32.7 Å². The van der Waals surface area contributed by atoms with Crippen LogP contribution in [0.25, 0.3) is 11.0 Å². The van der Waals surface area contributed by atoms with E-state index in [1.165, 1.54) is 5.52 Å². The fourth-order valence-corrected chi connectivity index (χ4v) is 3.42. The fraction of sp³-hybridized carbons (Fsp3) is 0.278. The lowest BCUT2D eigenvalue weighted by molar-refractivity contribution is -0.661. The van der Waals surface area contributed by atoms with Gasteiger partial charge in [-0.3, -0.25) is 5.32 Å². The van der Waals surface area contributed by atoms with Gasteiger partial charge >= 0.3 is 5.95 Å². The zero-order chi connectivity index (χ0) is 15.8. The number of aliphatic hydroxyl groups is 1. The predicted octanol–water partition coefficient (Wildman–Crippen LogP) is 0.135. The molecule has 0 aliphatic carbocycles. The molecule has 2 N–H and O–H groups in total. The van der Waals surface area contributed by atoms with Crippen molar-refractivity contribution in [2.75, 3.05) is 11.9 Å². The Morgan fingerprint density at radius 3 is 2.71 bits per heavy atom. The first-order valence-electron chi connectivity index (χ1n) is 7.92. The van der Waals surface area contributed by atoms with Crippen LogP contribution in [0, 0.1) is 0 Å². The number of rotatable bonds is 3. The van der Waals surface area contributed by atoms with E-state index in [9.17, 15) is 5.11 Å². The third-order valence-electron chi connectivity index (χ3n) is 4.43. The Kier molecular flexibility index (Phi) is 4.99. The molecular weight excluding hydrogens is 345 g/mol. The highest BCUT2D eigenvalue weighted by Gasteiger charge is 2.27. The molecule has 0 amide bonds. The summed E-state index contributed by atoms with van der Waals surface area (Å²) in [6, 6.07) is 15.7. The number of nitrogens with one attached hydrogen (secondary N) is 1. The second-order valence-corrected chi connectivity index (χ2v) is 6.36. The number of fused-ring (bicyclic) bond motifs is 3. The van der Waals surface area contributed by atoms with Crippen LogP contribution in [0.3, 0.4) is 0 Å². The molecule has 0 bridgehead atoms. The van der Waals surface area contributed by atoms with Gasteiger partial charge in [0.1, 0.15) is 23.7 Å². The van der Waals surface area contributed by atoms with Crippen molar-refractivity contribution in [3.63, 3.8) is 0 Å². The van der Waals surface area contributed by atoms with Gasteiger partial charge in [0.05, 0.1) is 13.1 Å². The van der Waals surface area contributed by atoms with E-state index in [-0.39, 0.29) is 12.4 Å². The standard InChI is InChI=1S/C18H18ClN3O.ClH/c19-14-8-6-13(7-9-14)17(23)12-22-16-5-2-1-4-15(16)21-11-3-10-20-18(21)22;/h1-2,4-9,17,23H,3,10-12H2;1H. The smallest absolute Gasteiger partial charge is 0.358 e. The van der Waals surface area contributed by atoms with Crippen LogP contribution in [-0.4, -0.2) is 16.2 Å². The third-order valence-corrected chi connectivity index (χ3v) is 4.68. The minimum Gasteiger partial charge on any atom is -1.00 e. The summed E-state index contributed by atoms with van der Waals surface area (Å²) >= 11 is 5.93. The zero-order valence-corrected chi connectivity index (χ0v) is 14.6. The maximum Gasteiger partial charge on any atom is 0.358 e. The molecule has 1 aliphatic heterocycles. The molecule has 24 heavy (non-hydrogen) atoms. The first kappa shape index (κ1) is 17.1. The Balaban J connectivity index is 0.00000169. The summed E-state index contributed by atoms with van der Waals surface area (Å²) in [7, 11) is 0. The van der Waals surface area contributed by atoms with E-state index in [1.54, 1.807) is 0 Å². The normalized spacial score (nSPS) is 14.6. The summed E-state index contributed by atoms with van der Waals surface area (Å²) in [5.41, 5.74) is 3.23. The van der Waals surface area contributed by atoms with Gasteiger partial charge in [0.25, 0.3) is 0 Å². The van der Waals surface area contributed by atoms with Crippen molar-refractivity contribution in [2.24, 2.45) is 0 Å². The largest absolute Gasteiger partial charge is 1.00 e. The molecule has 0 spiro atoms. The Labute approximate surface area is 152 Å². The van der Waals surface area contributed by atoms with E-state index < -0.39 is 6.10 Å². The number of nitrogens with zero attached hydrogens (tertiary/aromatic N) is 2. The second-order valence-electron chi connectivity index (χ2n) is 5.92. The molecule has 3 aromatic rings. The quantitative estimate of drug-likeness (QED) is 0.649. The Bertz CT molecular complexity index is 845. The van der Waals surface area contributed by atoms with Crippen LogP contribution in [0.15, 0.2) is 48.5 Å². The topological polar surface area (TPSA) is 41.1 Å². The number of halogens is 2. The fourth-order valence-electron chi connectivity index (χ4n) is 3.30. The van der Waals surface area contributed by atoms with Crippen molar-refractivity contribution in [1.29, 1.82) is 0 Å². The van der Waals surface area contributed by atoms with Crippen molar-refractivity contribution in [2.45, 2.75) is 25.6 Å². The summed E-state index contributed by atoms with van der Waals surface area (Å²) < 4.78 is 4.47. The molecule has 126 valence electrons. The summed E-state index contributed by atoms with van der Waals surface area (Å²) in [5.74, 6) is 1.07. The molecule has 1 atom stereocenters. The molecule has 0 radical (unpaired) electrons. The van der Waals surface area contributed by atoms with Crippen LogP contribution < -0.4 is 22.3 Å². The average molecular weight is 364 g/mol. The molecule has 1 aromatic heterocycles. The minimum atomic E-state index is -0.573. The molecule has 4 rings (SSSR count). The van der Waals surface area contributed by atoms with E-state index in [0.29, 0.717) is 11.6 Å². The van der Waals surface area contributed by atoms with E-state index >= 15 is 0 Å². The van der Waals surface area contributed by atoms with Crippen molar-refractivity contribution in [3.05, 3.63) is 59.1 Å². The number of aromatic nitrogens is 2. The monoisotopic (exact) mass is 363 g/mol. The van der Waals surface area contributed by atoms with E-state index in [1.807, 2.05) is 30.3 Å². The molecule has 0 fully saturated rings. The second kappa shape index (κ2) is 7.01. The highest BCUT2D eigenvalue weighted by atomic mass is 35.5. The van der Waals surface area contributed by atoms with Gasteiger partial charge in [0.15, 0.2) is 0 Å². The van der Waals surface area contributed by atoms with Crippen molar-refractivity contribution >= 4 is 28.6 Å². The number of hydrogen-bond acceptors (Lipinski definition) is 2.